The summed E-state index contributed by atoms with van der Waals surface area (Å²) in [5, 5.41) is 5.38. The topological polar surface area (TPSA) is 41.1 Å². The molecule has 0 aliphatic carbocycles. The molecule has 1 rings (SSSR count). The van der Waals surface area contributed by atoms with Crippen molar-refractivity contribution in [3.05, 3.63) is 29.0 Å². The molecule has 1 unspecified atom stereocenters. The molecule has 88 valence electrons. The molecule has 3 nitrogen and oxygen atoms in total. The molecule has 0 aliphatic rings. The summed E-state index contributed by atoms with van der Waals surface area (Å²) in [6, 6.07) is 4.50. The standard InChI is InChI=1S/C11H14ClFN2O/c1-7(6-14-2)11(16)15-9-5-3-4-8(12)10(9)13/h3-5,7,14H,6H2,1-2H3,(H,15,16). The lowest BCUT2D eigenvalue weighted by Gasteiger charge is -2.12. The fourth-order valence-corrected chi connectivity index (χ4v) is 1.43. The van der Waals surface area contributed by atoms with Gasteiger partial charge in [-0.15, -0.1) is 0 Å². The summed E-state index contributed by atoms with van der Waals surface area (Å²) in [6.07, 6.45) is 0. The average Bonchev–Trinajstić information content (AvgIpc) is 2.25. The Labute approximate surface area is 99.0 Å². The smallest absolute Gasteiger partial charge is 0.228 e. The Morgan fingerprint density at radius 1 is 1.56 bits per heavy atom. The largest absolute Gasteiger partial charge is 0.323 e. The zero-order chi connectivity index (χ0) is 12.1. The van der Waals surface area contributed by atoms with Gasteiger partial charge in [-0.05, 0) is 19.2 Å². The molecule has 2 N–H and O–H groups in total. The van der Waals surface area contributed by atoms with E-state index in [0.717, 1.165) is 0 Å². The minimum Gasteiger partial charge on any atom is -0.323 e. The molecule has 1 atom stereocenters. The summed E-state index contributed by atoms with van der Waals surface area (Å²) in [5.74, 6) is -1.08. The van der Waals surface area contributed by atoms with E-state index < -0.39 is 5.82 Å². The molecular weight excluding hydrogens is 231 g/mol. The second kappa shape index (κ2) is 5.82. The second-order valence-corrected chi connectivity index (χ2v) is 3.96. The summed E-state index contributed by atoms with van der Waals surface area (Å²) >= 11 is 5.60. The molecule has 1 aromatic rings. The molecule has 0 aromatic heterocycles. The van der Waals surface area contributed by atoms with Crippen LogP contribution < -0.4 is 10.6 Å². The highest BCUT2D eigenvalue weighted by Crippen LogP contribution is 2.22. The third-order valence-corrected chi connectivity index (χ3v) is 2.46. The van der Waals surface area contributed by atoms with Gasteiger partial charge in [0.25, 0.3) is 0 Å². The maximum absolute atomic E-state index is 13.4. The van der Waals surface area contributed by atoms with Crippen LogP contribution in [0.1, 0.15) is 6.92 Å². The molecule has 0 spiro atoms. The predicted octanol–water partition coefficient (Wildman–Crippen LogP) is 2.27. The molecule has 0 bridgehead atoms. The molecule has 1 amide bonds. The lowest BCUT2D eigenvalue weighted by Crippen LogP contribution is -2.28. The van der Waals surface area contributed by atoms with E-state index in [2.05, 4.69) is 10.6 Å². The van der Waals surface area contributed by atoms with Gasteiger partial charge in [0.05, 0.1) is 10.7 Å². The van der Waals surface area contributed by atoms with Crippen LogP contribution in [0.3, 0.4) is 0 Å². The fraction of sp³-hybridized carbons (Fsp3) is 0.364. The van der Waals surface area contributed by atoms with Crippen LogP contribution in [-0.4, -0.2) is 19.5 Å². The van der Waals surface area contributed by atoms with E-state index in [0.29, 0.717) is 6.54 Å². The number of hydrogen-bond donors (Lipinski definition) is 2. The maximum atomic E-state index is 13.4. The number of halogens is 2. The number of benzene rings is 1. The van der Waals surface area contributed by atoms with Crippen LogP contribution in [0.5, 0.6) is 0 Å². The van der Waals surface area contributed by atoms with Gasteiger partial charge in [0, 0.05) is 12.5 Å². The Balaban J connectivity index is 2.73. The van der Waals surface area contributed by atoms with E-state index in [4.69, 9.17) is 11.6 Å². The van der Waals surface area contributed by atoms with Crippen LogP contribution in [0, 0.1) is 11.7 Å². The van der Waals surface area contributed by atoms with Gasteiger partial charge in [-0.2, -0.15) is 0 Å². The van der Waals surface area contributed by atoms with Crippen molar-refractivity contribution < 1.29 is 9.18 Å². The van der Waals surface area contributed by atoms with E-state index in [-0.39, 0.29) is 22.5 Å². The first-order valence-electron chi connectivity index (χ1n) is 4.95. The summed E-state index contributed by atoms with van der Waals surface area (Å²) in [7, 11) is 1.75. The fourth-order valence-electron chi connectivity index (χ4n) is 1.26. The molecule has 1 aromatic carbocycles. The average molecular weight is 245 g/mol. The number of hydrogen-bond acceptors (Lipinski definition) is 2. The number of carbonyl (C=O) groups is 1. The van der Waals surface area contributed by atoms with Crippen LogP contribution in [0.25, 0.3) is 0 Å². The Morgan fingerprint density at radius 3 is 2.88 bits per heavy atom. The van der Waals surface area contributed by atoms with Crippen LogP contribution in [-0.2, 0) is 4.79 Å². The lowest BCUT2D eigenvalue weighted by atomic mass is 10.1. The zero-order valence-corrected chi connectivity index (χ0v) is 9.94. The lowest BCUT2D eigenvalue weighted by molar-refractivity contribution is -0.119. The third-order valence-electron chi connectivity index (χ3n) is 2.17. The van der Waals surface area contributed by atoms with Crippen molar-refractivity contribution in [2.45, 2.75) is 6.92 Å². The van der Waals surface area contributed by atoms with Gasteiger partial charge in [0.15, 0.2) is 5.82 Å². The maximum Gasteiger partial charge on any atom is 0.228 e. The molecule has 0 radical (unpaired) electrons. The molecular formula is C11H14ClFN2O. The van der Waals surface area contributed by atoms with Gasteiger partial charge >= 0.3 is 0 Å². The number of carbonyl (C=O) groups excluding carboxylic acids is 1. The molecule has 0 fully saturated rings. The number of rotatable bonds is 4. The zero-order valence-electron chi connectivity index (χ0n) is 9.18. The van der Waals surface area contributed by atoms with Crippen molar-refractivity contribution in [1.82, 2.24) is 5.32 Å². The second-order valence-electron chi connectivity index (χ2n) is 3.55. The Kier molecular flexibility index (Phi) is 4.71. The summed E-state index contributed by atoms with van der Waals surface area (Å²) in [6.45, 7) is 2.29. The van der Waals surface area contributed by atoms with Gasteiger partial charge in [-0.25, -0.2) is 4.39 Å². The Bertz CT molecular complexity index is 384. The van der Waals surface area contributed by atoms with E-state index in [1.54, 1.807) is 20.0 Å². The van der Waals surface area contributed by atoms with Crippen LogP contribution in [0.15, 0.2) is 18.2 Å². The highest BCUT2D eigenvalue weighted by atomic mass is 35.5. The van der Waals surface area contributed by atoms with Gasteiger partial charge in [-0.3, -0.25) is 4.79 Å². The first kappa shape index (κ1) is 12.9. The van der Waals surface area contributed by atoms with Gasteiger partial charge in [0.2, 0.25) is 5.91 Å². The predicted molar refractivity (Wildman–Crippen MR) is 63.1 cm³/mol. The van der Waals surface area contributed by atoms with Crippen LogP contribution >= 0.6 is 11.6 Å². The molecule has 0 saturated carbocycles. The first-order chi connectivity index (χ1) is 7.56. The van der Waals surface area contributed by atoms with Crippen molar-refractivity contribution >= 4 is 23.2 Å². The van der Waals surface area contributed by atoms with Crippen molar-refractivity contribution in [3.63, 3.8) is 0 Å². The van der Waals surface area contributed by atoms with E-state index in [1.807, 2.05) is 0 Å². The number of amides is 1. The van der Waals surface area contributed by atoms with Gasteiger partial charge < -0.3 is 10.6 Å². The normalized spacial score (nSPS) is 12.2. The minimum absolute atomic E-state index is 0.000861. The monoisotopic (exact) mass is 244 g/mol. The quantitative estimate of drug-likeness (QED) is 0.853. The number of anilines is 1. The van der Waals surface area contributed by atoms with Crippen molar-refractivity contribution in [2.75, 3.05) is 18.9 Å². The minimum atomic E-state index is -0.603. The highest BCUT2D eigenvalue weighted by Gasteiger charge is 2.14. The van der Waals surface area contributed by atoms with Crippen molar-refractivity contribution in [2.24, 2.45) is 5.92 Å². The van der Waals surface area contributed by atoms with Crippen molar-refractivity contribution in [3.8, 4) is 0 Å². The number of nitrogens with one attached hydrogen (secondary N) is 2. The molecule has 5 heteroatoms. The summed E-state index contributed by atoms with van der Waals surface area (Å²) in [5.41, 5.74) is 0.112. The van der Waals surface area contributed by atoms with Gasteiger partial charge in [-0.1, -0.05) is 24.6 Å². The van der Waals surface area contributed by atoms with Crippen LogP contribution in [0.2, 0.25) is 5.02 Å². The van der Waals surface area contributed by atoms with Crippen molar-refractivity contribution in [1.29, 1.82) is 0 Å². The Hall–Kier alpha value is -1.13. The van der Waals surface area contributed by atoms with Crippen LogP contribution in [0.4, 0.5) is 10.1 Å². The summed E-state index contributed by atoms with van der Waals surface area (Å²) < 4.78 is 13.4. The van der Waals surface area contributed by atoms with E-state index >= 15 is 0 Å². The molecule has 16 heavy (non-hydrogen) atoms. The molecule has 0 saturated heterocycles. The van der Waals surface area contributed by atoms with E-state index in [9.17, 15) is 9.18 Å². The first-order valence-corrected chi connectivity index (χ1v) is 5.33. The molecule has 0 heterocycles. The summed E-state index contributed by atoms with van der Waals surface area (Å²) in [4.78, 5) is 11.6. The highest BCUT2D eigenvalue weighted by molar-refractivity contribution is 6.31. The third kappa shape index (κ3) is 3.18. The SMILES string of the molecule is CNCC(C)C(=O)Nc1cccc(Cl)c1F. The van der Waals surface area contributed by atoms with E-state index in [1.165, 1.54) is 12.1 Å². The van der Waals surface area contributed by atoms with Gasteiger partial charge in [0.1, 0.15) is 0 Å². The Morgan fingerprint density at radius 2 is 2.25 bits per heavy atom. The molecule has 0 aliphatic heterocycles.